The Morgan fingerprint density at radius 3 is 2.70 bits per heavy atom. The number of carbonyl (C=O) groups excluding carboxylic acids is 2. The summed E-state index contributed by atoms with van der Waals surface area (Å²) in [4.78, 5) is 23.7. The summed E-state index contributed by atoms with van der Waals surface area (Å²) in [5.74, 6) is 0.781. The number of carbonyl (C=O) groups is 2. The molecule has 1 saturated carbocycles. The molecule has 1 fully saturated rings. The topological polar surface area (TPSA) is 67.4 Å². The summed E-state index contributed by atoms with van der Waals surface area (Å²) in [5.41, 5.74) is 0.823. The van der Waals surface area contributed by atoms with Crippen molar-refractivity contribution in [2.45, 2.75) is 38.6 Å². The van der Waals surface area contributed by atoms with Crippen LogP contribution in [0.25, 0.3) is 0 Å². The Morgan fingerprint density at radius 2 is 2.00 bits per heavy atom. The van der Waals surface area contributed by atoms with Crippen LogP contribution in [0, 0.1) is 5.92 Å². The summed E-state index contributed by atoms with van der Waals surface area (Å²) in [5, 5.41) is 6.25. The fraction of sp³-hybridized carbons (Fsp3) is 0.529. The van der Waals surface area contributed by atoms with Crippen LogP contribution < -0.4 is 15.4 Å². The first-order chi connectivity index (χ1) is 11.1. The molecule has 0 aliphatic heterocycles. The van der Waals surface area contributed by atoms with Crippen molar-refractivity contribution < 1.29 is 14.3 Å². The van der Waals surface area contributed by atoms with Crippen molar-refractivity contribution >= 4 is 23.4 Å². The lowest BCUT2D eigenvalue weighted by Gasteiger charge is -2.12. The molecule has 1 aromatic carbocycles. The van der Waals surface area contributed by atoms with E-state index in [1.54, 1.807) is 25.3 Å². The van der Waals surface area contributed by atoms with Gasteiger partial charge in [-0.3, -0.25) is 9.59 Å². The molecule has 0 atom stereocenters. The number of halogens is 1. The molecule has 0 spiro atoms. The van der Waals surface area contributed by atoms with Crippen molar-refractivity contribution in [2.75, 3.05) is 13.7 Å². The minimum absolute atomic E-state index is 0.0758. The lowest BCUT2D eigenvalue weighted by Crippen LogP contribution is -2.33. The van der Waals surface area contributed by atoms with Crippen LogP contribution in [0.1, 0.15) is 37.7 Å². The first-order valence-corrected chi connectivity index (χ1v) is 8.34. The zero-order chi connectivity index (χ0) is 16.7. The smallest absolute Gasteiger partial charge is 0.223 e. The Bertz CT molecular complexity index is 557. The van der Waals surface area contributed by atoms with Gasteiger partial charge in [0.15, 0.2) is 0 Å². The third-order valence-electron chi connectivity index (χ3n) is 4.10. The van der Waals surface area contributed by atoms with E-state index in [0.29, 0.717) is 23.9 Å². The third-order valence-corrected chi connectivity index (χ3v) is 4.33. The normalized spacial score (nSPS) is 14.5. The molecular weight excluding hydrogens is 316 g/mol. The Hall–Kier alpha value is -1.75. The zero-order valence-electron chi connectivity index (χ0n) is 13.4. The maximum atomic E-state index is 11.9. The number of methoxy groups -OCH3 is 1. The van der Waals surface area contributed by atoms with Gasteiger partial charge in [0, 0.05) is 36.0 Å². The summed E-state index contributed by atoms with van der Waals surface area (Å²) in [7, 11) is 1.58. The molecule has 2 N–H and O–H groups in total. The molecule has 126 valence electrons. The SMILES string of the molecule is COc1ccc(Cl)cc1CNC(=O)CCNC(=O)C1CCCC1. The Labute approximate surface area is 141 Å². The van der Waals surface area contributed by atoms with Crippen molar-refractivity contribution in [1.29, 1.82) is 0 Å². The number of hydrogen-bond acceptors (Lipinski definition) is 3. The Kier molecular flexibility index (Phi) is 6.71. The fourth-order valence-corrected chi connectivity index (χ4v) is 2.99. The van der Waals surface area contributed by atoms with Crippen molar-refractivity contribution in [1.82, 2.24) is 10.6 Å². The van der Waals surface area contributed by atoms with Crippen molar-refractivity contribution in [3.05, 3.63) is 28.8 Å². The standard InChI is InChI=1S/C17H23ClN2O3/c1-23-15-7-6-14(18)10-13(15)11-20-16(21)8-9-19-17(22)12-4-2-3-5-12/h6-7,10,12H,2-5,8-9,11H2,1H3,(H,19,22)(H,20,21). The molecule has 1 aliphatic carbocycles. The molecule has 1 aromatic rings. The van der Waals surface area contributed by atoms with E-state index in [1.807, 2.05) is 0 Å². The van der Waals surface area contributed by atoms with Gasteiger partial charge in [0.25, 0.3) is 0 Å². The molecule has 0 unspecified atom stereocenters. The molecule has 0 aromatic heterocycles. The van der Waals surface area contributed by atoms with Crippen LogP contribution in [0.15, 0.2) is 18.2 Å². The van der Waals surface area contributed by atoms with E-state index in [9.17, 15) is 9.59 Å². The van der Waals surface area contributed by atoms with Gasteiger partial charge < -0.3 is 15.4 Å². The monoisotopic (exact) mass is 338 g/mol. The van der Waals surface area contributed by atoms with Crippen LogP contribution in [0.4, 0.5) is 0 Å². The second-order valence-corrected chi connectivity index (χ2v) is 6.19. The van der Waals surface area contributed by atoms with Crippen molar-refractivity contribution in [3.63, 3.8) is 0 Å². The lowest BCUT2D eigenvalue weighted by atomic mass is 10.1. The minimum Gasteiger partial charge on any atom is -0.496 e. The van der Waals surface area contributed by atoms with Crippen LogP contribution in [0.5, 0.6) is 5.75 Å². The fourth-order valence-electron chi connectivity index (χ4n) is 2.80. The third kappa shape index (κ3) is 5.43. The van der Waals surface area contributed by atoms with E-state index in [2.05, 4.69) is 10.6 Å². The van der Waals surface area contributed by atoms with Gasteiger partial charge in [-0.25, -0.2) is 0 Å². The maximum absolute atomic E-state index is 11.9. The Balaban J connectivity index is 1.71. The molecule has 0 bridgehead atoms. The number of hydrogen-bond donors (Lipinski definition) is 2. The number of benzene rings is 1. The van der Waals surface area contributed by atoms with Gasteiger partial charge in [-0.1, -0.05) is 24.4 Å². The number of nitrogens with one attached hydrogen (secondary N) is 2. The van der Waals surface area contributed by atoms with Crippen molar-refractivity contribution in [3.8, 4) is 5.75 Å². The molecule has 2 amide bonds. The molecular formula is C17H23ClN2O3. The summed E-state index contributed by atoms with van der Waals surface area (Å²) >= 11 is 5.95. The van der Waals surface area contributed by atoms with E-state index < -0.39 is 0 Å². The number of amides is 2. The van der Waals surface area contributed by atoms with E-state index in [-0.39, 0.29) is 24.2 Å². The predicted molar refractivity (Wildman–Crippen MR) is 89.4 cm³/mol. The van der Waals surface area contributed by atoms with E-state index in [0.717, 1.165) is 31.2 Å². The molecule has 6 heteroatoms. The summed E-state index contributed by atoms with van der Waals surface area (Å²) in [6.45, 7) is 0.715. The second kappa shape index (κ2) is 8.77. The highest BCUT2D eigenvalue weighted by molar-refractivity contribution is 6.30. The van der Waals surface area contributed by atoms with Gasteiger partial charge >= 0.3 is 0 Å². The van der Waals surface area contributed by atoms with E-state index in [1.165, 1.54) is 0 Å². The molecule has 0 heterocycles. The van der Waals surface area contributed by atoms with Gasteiger partial charge in [0.1, 0.15) is 5.75 Å². The molecule has 0 saturated heterocycles. The second-order valence-electron chi connectivity index (χ2n) is 5.76. The quantitative estimate of drug-likeness (QED) is 0.803. The molecule has 23 heavy (non-hydrogen) atoms. The highest BCUT2D eigenvalue weighted by Crippen LogP contribution is 2.24. The molecule has 5 nitrogen and oxygen atoms in total. The molecule has 1 aliphatic rings. The Morgan fingerprint density at radius 1 is 1.26 bits per heavy atom. The van der Waals surface area contributed by atoms with Gasteiger partial charge in [-0.2, -0.15) is 0 Å². The summed E-state index contributed by atoms with van der Waals surface area (Å²) in [6.07, 6.45) is 4.45. The zero-order valence-corrected chi connectivity index (χ0v) is 14.1. The van der Waals surface area contributed by atoms with E-state index >= 15 is 0 Å². The van der Waals surface area contributed by atoms with Crippen LogP contribution >= 0.6 is 11.6 Å². The van der Waals surface area contributed by atoms with Gasteiger partial charge in [0.05, 0.1) is 7.11 Å². The van der Waals surface area contributed by atoms with Gasteiger partial charge in [-0.05, 0) is 31.0 Å². The summed E-state index contributed by atoms with van der Waals surface area (Å²) in [6, 6.07) is 5.28. The largest absolute Gasteiger partial charge is 0.496 e. The van der Waals surface area contributed by atoms with E-state index in [4.69, 9.17) is 16.3 Å². The highest BCUT2D eigenvalue weighted by Gasteiger charge is 2.22. The minimum atomic E-state index is -0.112. The maximum Gasteiger partial charge on any atom is 0.223 e. The van der Waals surface area contributed by atoms with Crippen molar-refractivity contribution in [2.24, 2.45) is 5.92 Å². The predicted octanol–water partition coefficient (Wildman–Crippen LogP) is 2.66. The van der Waals surface area contributed by atoms with Gasteiger partial charge in [0.2, 0.25) is 11.8 Å². The lowest BCUT2D eigenvalue weighted by molar-refractivity contribution is -0.125. The van der Waals surface area contributed by atoms with Crippen LogP contribution in [0.3, 0.4) is 0 Å². The molecule has 0 radical (unpaired) electrons. The first-order valence-electron chi connectivity index (χ1n) is 7.97. The number of ether oxygens (including phenoxy) is 1. The van der Waals surface area contributed by atoms with Crippen LogP contribution in [-0.4, -0.2) is 25.5 Å². The average Bonchev–Trinajstić information content (AvgIpc) is 3.07. The van der Waals surface area contributed by atoms with Crippen LogP contribution in [0.2, 0.25) is 5.02 Å². The van der Waals surface area contributed by atoms with Gasteiger partial charge in [-0.15, -0.1) is 0 Å². The number of rotatable bonds is 7. The molecule has 2 rings (SSSR count). The first kappa shape index (κ1) is 17.6. The highest BCUT2D eigenvalue weighted by atomic mass is 35.5. The van der Waals surface area contributed by atoms with Crippen LogP contribution in [-0.2, 0) is 16.1 Å². The average molecular weight is 339 g/mol. The summed E-state index contributed by atoms with van der Waals surface area (Å²) < 4.78 is 5.24.